The molecule has 5 aromatic rings. The number of rotatable bonds is 10. The molecule has 64 heavy (non-hydrogen) atoms. The number of amides is 3. The smallest absolute Gasteiger partial charge is 0.329 e. The summed E-state index contributed by atoms with van der Waals surface area (Å²) in [6, 6.07) is 6.40. The highest BCUT2D eigenvalue weighted by molar-refractivity contribution is 6.08. The highest BCUT2D eigenvalue weighted by Crippen LogP contribution is 2.37. The van der Waals surface area contributed by atoms with Crippen molar-refractivity contribution in [3.05, 3.63) is 70.2 Å². The van der Waals surface area contributed by atoms with Crippen LogP contribution in [0.4, 0.5) is 24.7 Å². The fourth-order valence-corrected chi connectivity index (χ4v) is 10.2. The molecule has 2 bridgehead atoms. The van der Waals surface area contributed by atoms with Crippen LogP contribution in [0.2, 0.25) is 0 Å². The van der Waals surface area contributed by atoms with E-state index >= 15 is 4.39 Å². The molecule has 1 aliphatic carbocycles. The third-order valence-electron chi connectivity index (χ3n) is 13.5. The second kappa shape index (κ2) is 17.2. The number of aromatic nitrogens is 7. The van der Waals surface area contributed by atoms with Gasteiger partial charge in [-0.05, 0) is 69.1 Å². The second-order valence-corrected chi connectivity index (χ2v) is 17.5. The quantitative estimate of drug-likeness (QED) is 0.154. The Morgan fingerprint density at radius 3 is 2.67 bits per heavy atom. The van der Waals surface area contributed by atoms with E-state index in [0.717, 1.165) is 25.8 Å². The number of aryl methyl sites for hydroxylation is 1. The molecule has 336 valence electrons. The van der Waals surface area contributed by atoms with Crippen LogP contribution < -0.4 is 21.2 Å². The number of likely N-dealkylation sites (tertiary alicyclic amines) is 1. The molecule has 2 N–H and O–H groups in total. The standard InChI is InChI=1S/C44H48F3N11O6/c1-53-39-26(4-2-6-33(39)58(44(53)62)34-11-12-37(59)51-43(34)61)5-3-17-63-35-13-15-54(22-31(35)45)20-25-7-9-27(10-8-25)57-23-32(38(52-57)40(46)47)49-42(60)30-19-48-56-16-14-36(50-41(30)56)55-21-29-18-28(55)24-64-29/h2,4,6,14,16,19,23,25,27-29,31,34-35,40H,7-13,15,17-18,20-22,24H2,1H3,(H,49,60)(H,51,59,61)/t25-,27-,28-,29-,31-,34?,35+/m1/s1. The number of halogens is 3. The summed E-state index contributed by atoms with van der Waals surface area (Å²) >= 11 is 0. The molecule has 1 saturated carbocycles. The van der Waals surface area contributed by atoms with Crippen molar-refractivity contribution in [2.24, 2.45) is 13.0 Å². The van der Waals surface area contributed by atoms with E-state index in [1.807, 2.05) is 6.07 Å². The van der Waals surface area contributed by atoms with E-state index < -0.39 is 42.3 Å². The second-order valence-electron chi connectivity index (χ2n) is 17.5. The number of piperidine rings is 2. The average Bonchev–Trinajstić information content (AvgIpc) is 4.13. The van der Waals surface area contributed by atoms with Crippen molar-refractivity contribution >= 4 is 45.9 Å². The number of imide groups is 1. The number of morpholine rings is 1. The molecular formula is C44H48F3N11O6. The number of imidazole rings is 1. The summed E-state index contributed by atoms with van der Waals surface area (Å²) in [6.45, 7) is 2.94. The molecule has 5 fully saturated rings. The minimum absolute atomic E-state index is 0.00580. The van der Waals surface area contributed by atoms with Crippen LogP contribution in [-0.2, 0) is 26.1 Å². The predicted molar refractivity (Wildman–Crippen MR) is 226 cm³/mol. The van der Waals surface area contributed by atoms with Crippen LogP contribution in [0.15, 0.2) is 47.7 Å². The number of para-hydroxylation sites is 1. The average molecular weight is 884 g/mol. The molecular weight excluding hydrogens is 836 g/mol. The first-order chi connectivity index (χ1) is 31.0. The molecule has 10 rings (SSSR count). The Labute approximate surface area is 364 Å². The van der Waals surface area contributed by atoms with Gasteiger partial charge in [0.15, 0.2) is 11.3 Å². The topological polar surface area (TPSA) is 175 Å². The van der Waals surface area contributed by atoms with Crippen LogP contribution in [0.1, 0.15) is 91.5 Å². The Kier molecular flexibility index (Phi) is 11.2. The van der Waals surface area contributed by atoms with Crippen molar-refractivity contribution in [1.29, 1.82) is 0 Å². The molecule has 4 aromatic heterocycles. The molecule has 0 radical (unpaired) electrons. The van der Waals surface area contributed by atoms with Gasteiger partial charge in [0, 0.05) is 52.0 Å². The summed E-state index contributed by atoms with van der Waals surface area (Å²) in [7, 11) is 1.61. The zero-order chi connectivity index (χ0) is 44.2. The number of carbonyl (C=O) groups is 3. The van der Waals surface area contributed by atoms with Gasteiger partial charge in [-0.25, -0.2) is 27.5 Å². The Morgan fingerprint density at radius 2 is 1.92 bits per heavy atom. The number of anilines is 2. The van der Waals surface area contributed by atoms with Gasteiger partial charge in [-0.2, -0.15) is 10.2 Å². The number of benzene rings is 1. The van der Waals surface area contributed by atoms with Crippen molar-refractivity contribution in [3.63, 3.8) is 0 Å². The van der Waals surface area contributed by atoms with Crippen LogP contribution in [0, 0.1) is 17.8 Å². The lowest BCUT2D eigenvalue weighted by Crippen LogP contribution is -2.47. The molecule has 5 atom stereocenters. The van der Waals surface area contributed by atoms with Crippen LogP contribution in [0.5, 0.6) is 0 Å². The van der Waals surface area contributed by atoms with Crippen molar-refractivity contribution in [2.75, 3.05) is 49.6 Å². The first-order valence-electron chi connectivity index (χ1n) is 21.9. The Hall–Kier alpha value is -6.04. The van der Waals surface area contributed by atoms with Gasteiger partial charge in [0.25, 0.3) is 12.3 Å². The molecule has 4 saturated heterocycles. The molecule has 4 aliphatic heterocycles. The first kappa shape index (κ1) is 41.9. The molecule has 8 heterocycles. The number of carbonyl (C=O) groups excluding carboxylic acids is 3. The van der Waals surface area contributed by atoms with Gasteiger partial charge in [-0.1, -0.05) is 17.9 Å². The molecule has 1 unspecified atom stereocenters. The number of fused-ring (bicyclic) bond motifs is 4. The highest BCUT2D eigenvalue weighted by atomic mass is 19.3. The lowest BCUT2D eigenvalue weighted by atomic mass is 9.85. The maximum atomic E-state index is 15.5. The van der Waals surface area contributed by atoms with Gasteiger partial charge in [-0.3, -0.25) is 38.4 Å². The molecule has 3 amide bonds. The van der Waals surface area contributed by atoms with Gasteiger partial charge < -0.3 is 19.7 Å². The maximum Gasteiger partial charge on any atom is 0.329 e. The van der Waals surface area contributed by atoms with Gasteiger partial charge in [0.05, 0.1) is 59.4 Å². The van der Waals surface area contributed by atoms with Gasteiger partial charge in [0.2, 0.25) is 11.8 Å². The number of hydrogen-bond donors (Lipinski definition) is 2. The summed E-state index contributed by atoms with van der Waals surface area (Å²) in [5.74, 6) is 5.56. The number of alkyl halides is 3. The van der Waals surface area contributed by atoms with E-state index in [0.29, 0.717) is 72.9 Å². The van der Waals surface area contributed by atoms with Gasteiger partial charge in [0.1, 0.15) is 30.2 Å². The first-order valence-corrected chi connectivity index (χ1v) is 21.9. The zero-order valence-electron chi connectivity index (χ0n) is 35.2. The third kappa shape index (κ3) is 7.93. The summed E-state index contributed by atoms with van der Waals surface area (Å²) < 4.78 is 61.5. The highest BCUT2D eigenvalue weighted by Gasteiger charge is 2.40. The maximum absolute atomic E-state index is 15.5. The Bertz CT molecular complexity index is 2750. The van der Waals surface area contributed by atoms with E-state index in [1.54, 1.807) is 36.1 Å². The van der Waals surface area contributed by atoms with E-state index in [2.05, 4.69) is 42.5 Å². The third-order valence-corrected chi connectivity index (χ3v) is 13.5. The Morgan fingerprint density at radius 1 is 1.08 bits per heavy atom. The van der Waals surface area contributed by atoms with Crippen LogP contribution in [0.25, 0.3) is 16.7 Å². The predicted octanol–water partition coefficient (Wildman–Crippen LogP) is 3.94. The van der Waals surface area contributed by atoms with Crippen molar-refractivity contribution < 1.29 is 37.0 Å². The molecule has 17 nitrogen and oxygen atoms in total. The van der Waals surface area contributed by atoms with Crippen LogP contribution in [0.3, 0.4) is 0 Å². The minimum Gasteiger partial charge on any atom is -0.374 e. The van der Waals surface area contributed by atoms with Crippen molar-refractivity contribution in [2.45, 2.75) is 94.3 Å². The number of hydrogen-bond acceptors (Lipinski definition) is 11. The van der Waals surface area contributed by atoms with Crippen molar-refractivity contribution in [3.8, 4) is 11.8 Å². The summed E-state index contributed by atoms with van der Waals surface area (Å²) in [5, 5.41) is 13.5. The molecule has 0 spiro atoms. The monoisotopic (exact) mass is 883 g/mol. The summed E-state index contributed by atoms with van der Waals surface area (Å²) in [5.41, 5.74) is 1.21. The fraction of sp³-hybridized carbons (Fsp3) is 0.523. The molecule has 5 aliphatic rings. The normalized spacial score (nSPS) is 26.2. The number of nitrogens with one attached hydrogen (secondary N) is 2. The van der Waals surface area contributed by atoms with E-state index in [1.165, 1.54) is 26.0 Å². The Balaban J connectivity index is 0.711. The lowest BCUT2D eigenvalue weighted by Gasteiger charge is -2.38. The van der Waals surface area contributed by atoms with E-state index in [-0.39, 0.29) is 67.0 Å². The SMILES string of the molecule is Cn1c(=O)n(C2CCC(=O)NC2=O)c2cccc(C#CCO[C@H]3CCN(C[C@H]4CC[C@H](n5cc(NC(=O)c6cnn7ccc(N8C[C@H]9C[C@@H]8CO9)nc67)c(C(F)F)n5)CC4)C[C@H]3F)c21. The van der Waals surface area contributed by atoms with Crippen molar-refractivity contribution in [1.82, 2.24) is 43.7 Å². The molecule has 20 heteroatoms. The van der Waals surface area contributed by atoms with E-state index in [9.17, 15) is 28.0 Å². The summed E-state index contributed by atoms with van der Waals surface area (Å²) in [4.78, 5) is 60.1. The summed E-state index contributed by atoms with van der Waals surface area (Å²) in [6.07, 6.45) is 4.87. The molecule has 1 aromatic carbocycles. The number of nitrogens with zero attached hydrogens (tertiary/aromatic N) is 9. The lowest BCUT2D eigenvalue weighted by molar-refractivity contribution is -0.135. The van der Waals surface area contributed by atoms with Gasteiger partial charge in [-0.15, -0.1) is 0 Å². The van der Waals surface area contributed by atoms with Crippen LogP contribution >= 0.6 is 0 Å². The van der Waals surface area contributed by atoms with E-state index in [4.69, 9.17) is 14.5 Å². The largest absolute Gasteiger partial charge is 0.374 e. The van der Waals surface area contributed by atoms with Gasteiger partial charge >= 0.3 is 5.69 Å². The zero-order valence-corrected chi connectivity index (χ0v) is 35.2. The fourth-order valence-electron chi connectivity index (χ4n) is 10.2. The minimum atomic E-state index is -2.90. The van der Waals surface area contributed by atoms with Crippen LogP contribution in [-0.4, -0.2) is 120 Å². The number of ether oxygens (including phenoxy) is 2.